The van der Waals surface area contributed by atoms with Crippen molar-refractivity contribution in [2.45, 2.75) is 6.92 Å². The van der Waals surface area contributed by atoms with Crippen molar-refractivity contribution in [3.63, 3.8) is 0 Å². The normalized spacial score (nSPS) is 11.2. The van der Waals surface area contributed by atoms with E-state index in [9.17, 15) is 10.1 Å². The van der Waals surface area contributed by atoms with Gasteiger partial charge in [-0.05, 0) is 17.7 Å². The van der Waals surface area contributed by atoms with Gasteiger partial charge in [-0.2, -0.15) is 0 Å². The van der Waals surface area contributed by atoms with E-state index in [0.717, 1.165) is 0 Å². The third-order valence-corrected chi connectivity index (χ3v) is 2.40. The summed E-state index contributed by atoms with van der Waals surface area (Å²) < 4.78 is 10.2. The first-order valence-electron chi connectivity index (χ1n) is 4.73. The van der Waals surface area contributed by atoms with Gasteiger partial charge in [-0.1, -0.05) is 11.6 Å². The van der Waals surface area contributed by atoms with E-state index < -0.39 is 4.92 Å². The lowest BCUT2D eigenvalue weighted by Crippen LogP contribution is -1.95. The fraction of sp³-hybridized carbons (Fsp3) is 0.273. The standard InChI is InChI=1S/C11H12ClNO4/c1-7(13(14)15)4-8-5-9(12)11(17-3)10(6-8)16-2/h4-6H,1-3H3/b7-4-. The van der Waals surface area contributed by atoms with Crippen molar-refractivity contribution in [3.05, 3.63) is 38.5 Å². The molecule has 1 aromatic carbocycles. The maximum atomic E-state index is 10.5. The first kappa shape index (κ1) is 13.3. The van der Waals surface area contributed by atoms with E-state index in [-0.39, 0.29) is 5.70 Å². The molecule has 1 aromatic rings. The summed E-state index contributed by atoms with van der Waals surface area (Å²) >= 11 is 5.97. The number of nitrogens with zero attached hydrogens (tertiary/aromatic N) is 1. The number of rotatable bonds is 4. The van der Waals surface area contributed by atoms with Crippen LogP contribution < -0.4 is 9.47 Å². The number of halogens is 1. The molecule has 0 heterocycles. The van der Waals surface area contributed by atoms with E-state index in [2.05, 4.69) is 0 Å². The number of ether oxygens (including phenoxy) is 2. The van der Waals surface area contributed by atoms with Gasteiger partial charge in [0.2, 0.25) is 5.70 Å². The summed E-state index contributed by atoms with van der Waals surface area (Å²) in [5, 5.41) is 10.9. The predicted molar refractivity (Wildman–Crippen MR) is 65.2 cm³/mol. The Bertz CT molecular complexity index is 471. The molecule has 5 nitrogen and oxygen atoms in total. The number of hydrogen-bond donors (Lipinski definition) is 0. The zero-order chi connectivity index (χ0) is 13.0. The molecule has 0 aliphatic rings. The second-order valence-electron chi connectivity index (χ2n) is 3.28. The maximum Gasteiger partial charge on any atom is 0.243 e. The topological polar surface area (TPSA) is 61.6 Å². The summed E-state index contributed by atoms with van der Waals surface area (Å²) in [6.45, 7) is 1.41. The molecule has 0 atom stereocenters. The molecule has 1 rings (SSSR count). The number of benzene rings is 1. The molecule has 0 radical (unpaired) electrons. The van der Waals surface area contributed by atoms with Crippen molar-refractivity contribution in [3.8, 4) is 11.5 Å². The minimum Gasteiger partial charge on any atom is -0.493 e. The van der Waals surface area contributed by atoms with Gasteiger partial charge in [0.25, 0.3) is 0 Å². The minimum absolute atomic E-state index is 0.0216. The molecule has 0 aliphatic carbocycles. The van der Waals surface area contributed by atoms with Crippen LogP contribution in [0.2, 0.25) is 5.02 Å². The highest BCUT2D eigenvalue weighted by atomic mass is 35.5. The van der Waals surface area contributed by atoms with Crippen LogP contribution in [0.4, 0.5) is 0 Å². The second-order valence-corrected chi connectivity index (χ2v) is 3.69. The van der Waals surface area contributed by atoms with Crippen molar-refractivity contribution < 1.29 is 14.4 Å². The Morgan fingerprint density at radius 2 is 2.06 bits per heavy atom. The maximum absolute atomic E-state index is 10.5. The predicted octanol–water partition coefficient (Wildman–Crippen LogP) is 2.99. The summed E-state index contributed by atoms with van der Waals surface area (Å²) in [6, 6.07) is 3.20. The van der Waals surface area contributed by atoms with E-state index in [4.69, 9.17) is 21.1 Å². The molecular formula is C11H12ClNO4. The lowest BCUT2D eigenvalue weighted by atomic mass is 10.1. The lowest BCUT2D eigenvalue weighted by molar-refractivity contribution is -0.422. The zero-order valence-electron chi connectivity index (χ0n) is 9.69. The van der Waals surface area contributed by atoms with Crippen molar-refractivity contribution in [2.75, 3.05) is 14.2 Å². The van der Waals surface area contributed by atoms with Gasteiger partial charge in [-0.25, -0.2) is 0 Å². The van der Waals surface area contributed by atoms with Crippen LogP contribution in [0.1, 0.15) is 12.5 Å². The summed E-state index contributed by atoms with van der Waals surface area (Å²) in [7, 11) is 2.95. The Labute approximate surface area is 104 Å². The summed E-state index contributed by atoms with van der Waals surface area (Å²) in [5.74, 6) is 0.840. The van der Waals surface area contributed by atoms with Crippen LogP contribution >= 0.6 is 11.6 Å². The van der Waals surface area contributed by atoms with E-state index in [0.29, 0.717) is 22.1 Å². The largest absolute Gasteiger partial charge is 0.493 e. The van der Waals surface area contributed by atoms with Gasteiger partial charge in [0.1, 0.15) is 0 Å². The molecule has 0 amide bonds. The van der Waals surface area contributed by atoms with E-state index in [1.807, 2.05) is 0 Å². The first-order valence-corrected chi connectivity index (χ1v) is 5.11. The Hall–Kier alpha value is -1.75. The molecule has 0 bridgehead atoms. The number of allylic oxidation sites excluding steroid dienone is 1. The third kappa shape index (κ3) is 3.10. The highest BCUT2D eigenvalue weighted by Gasteiger charge is 2.11. The number of nitro groups is 1. The Kier molecular flexibility index (Phi) is 4.34. The van der Waals surface area contributed by atoms with Gasteiger partial charge in [0.15, 0.2) is 11.5 Å². The molecule has 0 saturated heterocycles. The molecule has 17 heavy (non-hydrogen) atoms. The average molecular weight is 258 g/mol. The highest BCUT2D eigenvalue weighted by Crippen LogP contribution is 2.36. The van der Waals surface area contributed by atoms with Crippen LogP contribution in [0.3, 0.4) is 0 Å². The summed E-state index contributed by atoms with van der Waals surface area (Å²) in [4.78, 5) is 10.0. The van der Waals surface area contributed by atoms with Crippen LogP contribution in [0.25, 0.3) is 6.08 Å². The van der Waals surface area contributed by atoms with Crippen molar-refractivity contribution >= 4 is 17.7 Å². The molecule has 6 heteroatoms. The zero-order valence-corrected chi connectivity index (χ0v) is 10.4. The molecule has 0 fully saturated rings. The number of methoxy groups -OCH3 is 2. The Morgan fingerprint density at radius 3 is 2.53 bits per heavy atom. The summed E-state index contributed by atoms with van der Waals surface area (Å²) in [6.07, 6.45) is 1.41. The molecule has 0 saturated carbocycles. The van der Waals surface area contributed by atoms with Crippen LogP contribution in [-0.4, -0.2) is 19.1 Å². The fourth-order valence-electron chi connectivity index (χ4n) is 1.32. The van der Waals surface area contributed by atoms with Gasteiger partial charge < -0.3 is 9.47 Å². The fourth-order valence-corrected chi connectivity index (χ4v) is 1.61. The quantitative estimate of drug-likeness (QED) is 0.614. The SMILES string of the molecule is COc1cc(/C=C(/C)[N+](=O)[O-])cc(Cl)c1OC. The molecule has 0 spiro atoms. The van der Waals surface area contributed by atoms with Gasteiger partial charge in [0.05, 0.1) is 24.2 Å². The van der Waals surface area contributed by atoms with Gasteiger partial charge in [-0.3, -0.25) is 10.1 Å². The van der Waals surface area contributed by atoms with Crippen molar-refractivity contribution in [2.24, 2.45) is 0 Å². The summed E-state index contributed by atoms with van der Waals surface area (Å²) in [5.41, 5.74) is 0.607. The third-order valence-electron chi connectivity index (χ3n) is 2.12. The molecule has 0 aromatic heterocycles. The van der Waals surface area contributed by atoms with Gasteiger partial charge in [-0.15, -0.1) is 0 Å². The van der Waals surface area contributed by atoms with E-state index >= 15 is 0 Å². The van der Waals surface area contributed by atoms with Crippen LogP contribution in [-0.2, 0) is 0 Å². The van der Waals surface area contributed by atoms with Crippen LogP contribution in [0, 0.1) is 10.1 Å². The minimum atomic E-state index is -0.468. The molecular weight excluding hydrogens is 246 g/mol. The smallest absolute Gasteiger partial charge is 0.243 e. The van der Waals surface area contributed by atoms with Gasteiger partial charge >= 0.3 is 0 Å². The van der Waals surface area contributed by atoms with Crippen LogP contribution in [0.5, 0.6) is 11.5 Å². The number of hydrogen-bond acceptors (Lipinski definition) is 4. The lowest BCUT2D eigenvalue weighted by Gasteiger charge is -2.09. The molecule has 0 unspecified atom stereocenters. The van der Waals surface area contributed by atoms with E-state index in [1.165, 1.54) is 27.2 Å². The second kappa shape index (κ2) is 5.54. The van der Waals surface area contributed by atoms with E-state index in [1.54, 1.807) is 12.1 Å². The van der Waals surface area contributed by atoms with Crippen molar-refractivity contribution in [1.29, 1.82) is 0 Å². The first-order chi connectivity index (χ1) is 7.99. The molecule has 0 N–H and O–H groups in total. The van der Waals surface area contributed by atoms with Gasteiger partial charge in [0, 0.05) is 13.0 Å². The molecule has 92 valence electrons. The van der Waals surface area contributed by atoms with Crippen LogP contribution in [0.15, 0.2) is 17.8 Å². The molecule has 0 aliphatic heterocycles. The Morgan fingerprint density at radius 1 is 1.41 bits per heavy atom. The highest BCUT2D eigenvalue weighted by molar-refractivity contribution is 6.32. The Balaban J connectivity index is 3.25. The monoisotopic (exact) mass is 257 g/mol. The van der Waals surface area contributed by atoms with Crippen molar-refractivity contribution in [1.82, 2.24) is 0 Å². The average Bonchev–Trinajstić information content (AvgIpc) is 2.27.